The van der Waals surface area contributed by atoms with Crippen molar-refractivity contribution in [3.63, 3.8) is 0 Å². The van der Waals surface area contributed by atoms with Gasteiger partial charge in [0, 0.05) is 0 Å². The van der Waals surface area contributed by atoms with Gasteiger partial charge in [0.1, 0.15) is 5.75 Å². The number of unbranched alkanes of at least 4 members (excludes halogenated alkanes) is 2. The Labute approximate surface area is 166 Å². The van der Waals surface area contributed by atoms with E-state index >= 15 is 0 Å². The monoisotopic (exact) mass is 391 g/mol. The van der Waals surface area contributed by atoms with Gasteiger partial charge in [0.25, 0.3) is 0 Å². The summed E-state index contributed by atoms with van der Waals surface area (Å²) in [6, 6.07) is 14.0. The molecule has 27 heavy (non-hydrogen) atoms. The molecule has 148 valence electrons. The number of aryl methyl sites for hydroxylation is 1. The van der Waals surface area contributed by atoms with Crippen LogP contribution in [0.15, 0.2) is 42.5 Å². The quantitative estimate of drug-likeness (QED) is 0.502. The zero-order valence-corrected chi connectivity index (χ0v) is 16.7. The fraction of sp³-hybridized carbons (Fsp3) is 0.455. The van der Waals surface area contributed by atoms with E-state index in [9.17, 15) is 10.2 Å². The minimum atomic E-state index is -0.948. The molecule has 0 aliphatic rings. The van der Waals surface area contributed by atoms with E-state index < -0.39 is 5.54 Å². The second-order valence-corrected chi connectivity index (χ2v) is 7.49. The minimum absolute atomic E-state index is 0.238. The first-order chi connectivity index (χ1) is 13.0. The van der Waals surface area contributed by atoms with Gasteiger partial charge in [-0.2, -0.15) is 0 Å². The second-order valence-electron chi connectivity index (χ2n) is 7.08. The summed E-state index contributed by atoms with van der Waals surface area (Å²) in [5.74, 6) is 0.714. The van der Waals surface area contributed by atoms with Gasteiger partial charge in [-0.1, -0.05) is 61.7 Å². The topological polar surface area (TPSA) is 75.7 Å². The van der Waals surface area contributed by atoms with Gasteiger partial charge in [0.15, 0.2) is 0 Å². The molecule has 2 aromatic rings. The van der Waals surface area contributed by atoms with Crippen molar-refractivity contribution in [2.75, 3.05) is 19.8 Å². The molecule has 4 nitrogen and oxygen atoms in total. The third kappa shape index (κ3) is 6.51. The lowest BCUT2D eigenvalue weighted by molar-refractivity contribution is 0.115. The molecule has 0 aliphatic carbocycles. The molecule has 0 radical (unpaired) electrons. The van der Waals surface area contributed by atoms with E-state index in [2.05, 4.69) is 13.0 Å². The molecule has 0 heterocycles. The van der Waals surface area contributed by atoms with Gasteiger partial charge < -0.3 is 20.7 Å². The number of ether oxygens (including phenoxy) is 1. The number of hydrogen-bond acceptors (Lipinski definition) is 4. The Balaban J connectivity index is 2.06. The summed E-state index contributed by atoms with van der Waals surface area (Å²) in [6.45, 7) is 2.37. The number of aliphatic hydroxyl groups is 2. The van der Waals surface area contributed by atoms with Gasteiger partial charge in [-0.3, -0.25) is 0 Å². The highest BCUT2D eigenvalue weighted by Gasteiger charge is 2.22. The first-order valence-corrected chi connectivity index (χ1v) is 9.91. The normalized spacial score (nSPS) is 11.6. The Morgan fingerprint density at radius 1 is 1.04 bits per heavy atom. The molecule has 0 unspecified atom stereocenters. The number of nitrogens with two attached hydrogens (primary N) is 1. The standard InChI is InChI=1S/C22H30ClNO3/c1-2-3-4-12-27-21-9-8-19(14-20(21)23)18-7-5-6-17(13-18)10-11-22(24,15-25)16-26/h5-9,13-14,25-26H,2-4,10-12,15-16,24H2,1H3. The van der Waals surface area contributed by atoms with Crippen LogP contribution in [0.2, 0.25) is 5.02 Å². The Hall–Kier alpha value is -1.59. The predicted octanol–water partition coefficient (Wildman–Crippen LogP) is 4.19. The zero-order chi connectivity index (χ0) is 19.7. The number of aliphatic hydroxyl groups excluding tert-OH is 2. The van der Waals surface area contributed by atoms with Crippen molar-refractivity contribution in [3.05, 3.63) is 53.1 Å². The Morgan fingerprint density at radius 3 is 2.44 bits per heavy atom. The highest BCUT2D eigenvalue weighted by molar-refractivity contribution is 6.32. The summed E-state index contributed by atoms with van der Waals surface area (Å²) >= 11 is 6.39. The minimum Gasteiger partial charge on any atom is -0.492 e. The molecule has 0 spiro atoms. The van der Waals surface area contributed by atoms with Crippen LogP contribution >= 0.6 is 11.6 Å². The molecular formula is C22H30ClNO3. The fourth-order valence-electron chi connectivity index (χ4n) is 2.84. The molecule has 0 bridgehead atoms. The van der Waals surface area contributed by atoms with Crippen LogP contribution in [0.5, 0.6) is 5.75 Å². The first kappa shape index (κ1) is 21.7. The summed E-state index contributed by atoms with van der Waals surface area (Å²) in [7, 11) is 0. The fourth-order valence-corrected chi connectivity index (χ4v) is 3.07. The van der Waals surface area contributed by atoms with Crippen molar-refractivity contribution in [3.8, 4) is 16.9 Å². The zero-order valence-electron chi connectivity index (χ0n) is 16.0. The summed E-state index contributed by atoms with van der Waals surface area (Å²) < 4.78 is 5.76. The Bertz CT molecular complexity index is 716. The number of benzene rings is 2. The number of halogens is 1. The van der Waals surface area contributed by atoms with Crippen LogP contribution in [0.3, 0.4) is 0 Å². The van der Waals surface area contributed by atoms with E-state index in [4.69, 9.17) is 22.1 Å². The Morgan fingerprint density at radius 2 is 1.78 bits per heavy atom. The van der Waals surface area contributed by atoms with Crippen molar-refractivity contribution < 1.29 is 14.9 Å². The largest absolute Gasteiger partial charge is 0.492 e. The molecule has 5 heteroatoms. The van der Waals surface area contributed by atoms with E-state index in [1.807, 2.05) is 36.4 Å². The molecule has 0 aliphatic heterocycles. The first-order valence-electron chi connectivity index (χ1n) is 9.53. The summed E-state index contributed by atoms with van der Waals surface area (Å²) in [5, 5.41) is 19.3. The van der Waals surface area contributed by atoms with Gasteiger partial charge in [0.2, 0.25) is 0 Å². The van der Waals surface area contributed by atoms with Gasteiger partial charge in [0.05, 0.1) is 30.4 Å². The SMILES string of the molecule is CCCCCOc1ccc(-c2cccc(CCC(N)(CO)CO)c2)cc1Cl. The van der Waals surface area contributed by atoms with Crippen molar-refractivity contribution in [1.82, 2.24) is 0 Å². The van der Waals surface area contributed by atoms with Crippen LogP contribution in [0, 0.1) is 0 Å². The van der Waals surface area contributed by atoms with Crippen LogP contribution in [0.1, 0.15) is 38.2 Å². The maximum atomic E-state index is 9.33. The summed E-state index contributed by atoms with van der Waals surface area (Å²) in [4.78, 5) is 0. The molecular weight excluding hydrogens is 362 g/mol. The highest BCUT2D eigenvalue weighted by atomic mass is 35.5. The van der Waals surface area contributed by atoms with Gasteiger partial charge >= 0.3 is 0 Å². The molecule has 0 amide bonds. The van der Waals surface area contributed by atoms with Crippen molar-refractivity contribution in [2.45, 2.75) is 44.6 Å². The van der Waals surface area contributed by atoms with Crippen LogP contribution < -0.4 is 10.5 Å². The smallest absolute Gasteiger partial charge is 0.137 e. The van der Waals surface area contributed by atoms with Crippen LogP contribution in [0.4, 0.5) is 0 Å². The van der Waals surface area contributed by atoms with Gasteiger partial charge in [-0.05, 0) is 48.1 Å². The molecule has 0 aromatic heterocycles. The summed E-state index contributed by atoms with van der Waals surface area (Å²) in [6.07, 6.45) is 4.53. The van der Waals surface area contributed by atoms with Gasteiger partial charge in [-0.25, -0.2) is 0 Å². The van der Waals surface area contributed by atoms with Gasteiger partial charge in [-0.15, -0.1) is 0 Å². The lowest BCUT2D eigenvalue weighted by atomic mass is 9.93. The van der Waals surface area contributed by atoms with Crippen LogP contribution in [-0.2, 0) is 6.42 Å². The molecule has 0 fully saturated rings. The van der Waals surface area contributed by atoms with Crippen LogP contribution in [0.25, 0.3) is 11.1 Å². The molecule has 2 aromatic carbocycles. The average Bonchev–Trinajstić information content (AvgIpc) is 2.70. The molecule has 2 rings (SSSR count). The number of hydrogen-bond donors (Lipinski definition) is 3. The van der Waals surface area contributed by atoms with E-state index in [0.717, 1.165) is 36.0 Å². The third-order valence-electron chi connectivity index (χ3n) is 4.74. The highest BCUT2D eigenvalue weighted by Crippen LogP contribution is 2.31. The lowest BCUT2D eigenvalue weighted by Gasteiger charge is -2.24. The maximum absolute atomic E-state index is 9.33. The maximum Gasteiger partial charge on any atom is 0.137 e. The Kier molecular flexibility index (Phi) is 8.58. The third-order valence-corrected chi connectivity index (χ3v) is 5.03. The molecule has 4 N–H and O–H groups in total. The van der Waals surface area contributed by atoms with Crippen LogP contribution in [-0.4, -0.2) is 35.6 Å². The average molecular weight is 392 g/mol. The molecule has 0 atom stereocenters. The van der Waals surface area contributed by atoms with E-state index in [1.54, 1.807) is 0 Å². The van der Waals surface area contributed by atoms with Crippen molar-refractivity contribution in [1.29, 1.82) is 0 Å². The molecule has 0 saturated carbocycles. The molecule has 0 saturated heterocycles. The summed E-state index contributed by atoms with van der Waals surface area (Å²) in [5.41, 5.74) is 8.18. The van der Waals surface area contributed by atoms with Crippen molar-refractivity contribution >= 4 is 11.6 Å². The lowest BCUT2D eigenvalue weighted by Crippen LogP contribution is -2.47. The predicted molar refractivity (Wildman–Crippen MR) is 111 cm³/mol. The number of rotatable bonds is 11. The van der Waals surface area contributed by atoms with E-state index in [1.165, 1.54) is 0 Å². The van der Waals surface area contributed by atoms with E-state index in [0.29, 0.717) is 30.2 Å². The second kappa shape index (κ2) is 10.7. The van der Waals surface area contributed by atoms with E-state index in [-0.39, 0.29) is 13.2 Å². The van der Waals surface area contributed by atoms with Crippen molar-refractivity contribution in [2.24, 2.45) is 5.73 Å².